The number of hydrogen-bond acceptors (Lipinski definition) is 2. The van der Waals surface area contributed by atoms with E-state index in [1.165, 1.54) is 11.5 Å². The SMILES string of the molecule is ClN1CCSCC1. The van der Waals surface area contributed by atoms with Gasteiger partial charge in [-0.1, -0.05) is 0 Å². The van der Waals surface area contributed by atoms with Crippen LogP contribution in [-0.2, 0) is 0 Å². The van der Waals surface area contributed by atoms with Crippen LogP contribution in [0.5, 0.6) is 0 Å². The predicted octanol–water partition coefficient (Wildman–Crippen LogP) is 1.19. The summed E-state index contributed by atoms with van der Waals surface area (Å²) in [6.45, 7) is 2.10. The summed E-state index contributed by atoms with van der Waals surface area (Å²) >= 11 is 7.61. The quantitative estimate of drug-likeness (QED) is 0.462. The van der Waals surface area contributed by atoms with Crippen molar-refractivity contribution in [2.45, 2.75) is 0 Å². The Kier molecular flexibility index (Phi) is 2.29. The molecule has 1 rings (SSSR count). The van der Waals surface area contributed by atoms with Gasteiger partial charge in [0.25, 0.3) is 0 Å². The van der Waals surface area contributed by atoms with Gasteiger partial charge in [0.2, 0.25) is 0 Å². The first-order valence-corrected chi connectivity index (χ1v) is 3.87. The summed E-state index contributed by atoms with van der Waals surface area (Å²) in [7, 11) is 0. The van der Waals surface area contributed by atoms with Gasteiger partial charge in [-0.05, 0) is 11.8 Å². The molecule has 1 nitrogen and oxygen atoms in total. The van der Waals surface area contributed by atoms with E-state index in [9.17, 15) is 0 Å². The molecular formula is C4H8ClNS. The van der Waals surface area contributed by atoms with Crippen LogP contribution in [0.2, 0.25) is 0 Å². The molecule has 1 aliphatic rings. The molecule has 0 N–H and O–H groups in total. The summed E-state index contributed by atoms with van der Waals surface area (Å²) < 4.78 is 1.84. The minimum Gasteiger partial charge on any atom is -0.219 e. The molecule has 7 heavy (non-hydrogen) atoms. The third-order valence-corrected chi connectivity index (χ3v) is 2.24. The first kappa shape index (κ1) is 5.73. The van der Waals surface area contributed by atoms with E-state index in [1.54, 1.807) is 0 Å². The van der Waals surface area contributed by atoms with Crippen LogP contribution in [0.1, 0.15) is 0 Å². The standard InChI is InChI=1S/C4H8ClNS/c5-6-1-3-7-4-2-6/h1-4H2. The van der Waals surface area contributed by atoms with Crippen LogP contribution in [-0.4, -0.2) is 29.0 Å². The fourth-order valence-corrected chi connectivity index (χ4v) is 1.81. The molecule has 0 aromatic heterocycles. The Morgan fingerprint density at radius 1 is 1.29 bits per heavy atom. The highest BCUT2D eigenvalue weighted by molar-refractivity contribution is 7.99. The Morgan fingerprint density at radius 3 is 2.14 bits per heavy atom. The second-order valence-corrected chi connectivity index (χ2v) is 3.23. The number of nitrogens with zero attached hydrogens (tertiary/aromatic N) is 1. The summed E-state index contributed by atoms with van der Waals surface area (Å²) in [4.78, 5) is 0. The van der Waals surface area contributed by atoms with E-state index in [4.69, 9.17) is 11.8 Å². The van der Waals surface area contributed by atoms with Crippen LogP contribution in [0.15, 0.2) is 0 Å². The maximum absolute atomic E-state index is 5.64. The molecule has 0 aromatic carbocycles. The second-order valence-electron chi connectivity index (χ2n) is 1.52. The molecule has 0 amide bonds. The molecule has 1 fully saturated rings. The van der Waals surface area contributed by atoms with E-state index in [0.717, 1.165) is 13.1 Å². The van der Waals surface area contributed by atoms with Crippen molar-refractivity contribution in [3.63, 3.8) is 0 Å². The predicted molar refractivity (Wildman–Crippen MR) is 34.8 cm³/mol. The lowest BCUT2D eigenvalue weighted by Gasteiger charge is -2.17. The number of hydrogen-bond donors (Lipinski definition) is 0. The fraction of sp³-hybridized carbons (Fsp3) is 1.00. The number of rotatable bonds is 0. The van der Waals surface area contributed by atoms with Crippen molar-refractivity contribution in [1.29, 1.82) is 0 Å². The average molecular weight is 138 g/mol. The van der Waals surface area contributed by atoms with Gasteiger partial charge in [-0.2, -0.15) is 11.8 Å². The minimum atomic E-state index is 1.05. The van der Waals surface area contributed by atoms with E-state index >= 15 is 0 Å². The Hall–Kier alpha value is 0.600. The van der Waals surface area contributed by atoms with E-state index in [2.05, 4.69) is 0 Å². The van der Waals surface area contributed by atoms with Crippen molar-refractivity contribution in [2.24, 2.45) is 0 Å². The van der Waals surface area contributed by atoms with Gasteiger partial charge in [0.05, 0.1) is 0 Å². The maximum atomic E-state index is 5.64. The van der Waals surface area contributed by atoms with Gasteiger partial charge in [0.1, 0.15) is 0 Å². The second kappa shape index (κ2) is 2.80. The fourth-order valence-electron chi connectivity index (χ4n) is 0.541. The number of halogens is 1. The summed E-state index contributed by atoms with van der Waals surface area (Å²) in [5.41, 5.74) is 0. The normalized spacial score (nSPS) is 25.3. The molecule has 3 heteroatoms. The van der Waals surface area contributed by atoms with Gasteiger partial charge in [-0.3, -0.25) is 0 Å². The zero-order valence-electron chi connectivity index (χ0n) is 4.06. The van der Waals surface area contributed by atoms with Gasteiger partial charge < -0.3 is 0 Å². The molecule has 0 radical (unpaired) electrons. The van der Waals surface area contributed by atoms with Crippen molar-refractivity contribution in [2.75, 3.05) is 24.6 Å². The average Bonchev–Trinajstić information content (AvgIpc) is 1.69. The lowest BCUT2D eigenvalue weighted by Crippen LogP contribution is -2.23. The van der Waals surface area contributed by atoms with Crippen molar-refractivity contribution >= 4 is 23.5 Å². The van der Waals surface area contributed by atoms with Crippen LogP contribution in [0.3, 0.4) is 0 Å². The highest BCUT2D eigenvalue weighted by atomic mass is 35.5. The molecule has 0 saturated carbocycles. The van der Waals surface area contributed by atoms with Gasteiger partial charge in [0, 0.05) is 24.6 Å². The van der Waals surface area contributed by atoms with Gasteiger partial charge in [-0.25, -0.2) is 4.42 Å². The van der Waals surface area contributed by atoms with E-state index < -0.39 is 0 Å². The van der Waals surface area contributed by atoms with Crippen LogP contribution in [0.25, 0.3) is 0 Å². The van der Waals surface area contributed by atoms with Crippen molar-refractivity contribution in [3.05, 3.63) is 0 Å². The topological polar surface area (TPSA) is 3.24 Å². The Bertz CT molecular complexity index is 53.7. The van der Waals surface area contributed by atoms with E-state index in [1.807, 2.05) is 16.2 Å². The lowest BCUT2D eigenvalue weighted by molar-refractivity contribution is 0.504. The zero-order chi connectivity index (χ0) is 5.11. The summed E-state index contributed by atoms with van der Waals surface area (Å²) in [6.07, 6.45) is 0. The smallest absolute Gasteiger partial charge is 0.0230 e. The Morgan fingerprint density at radius 2 is 1.86 bits per heavy atom. The van der Waals surface area contributed by atoms with Crippen LogP contribution < -0.4 is 0 Å². The Labute approximate surface area is 53.1 Å². The van der Waals surface area contributed by atoms with Crippen molar-refractivity contribution in [3.8, 4) is 0 Å². The van der Waals surface area contributed by atoms with Crippen molar-refractivity contribution in [1.82, 2.24) is 4.42 Å². The van der Waals surface area contributed by atoms with Gasteiger partial charge in [0.15, 0.2) is 0 Å². The first-order valence-electron chi connectivity index (χ1n) is 2.38. The largest absolute Gasteiger partial charge is 0.219 e. The molecule has 0 aliphatic carbocycles. The summed E-state index contributed by atoms with van der Waals surface area (Å²) in [5, 5.41) is 0. The molecular weight excluding hydrogens is 130 g/mol. The minimum absolute atomic E-state index is 1.05. The highest BCUT2D eigenvalue weighted by Crippen LogP contribution is 2.09. The van der Waals surface area contributed by atoms with Gasteiger partial charge >= 0.3 is 0 Å². The van der Waals surface area contributed by atoms with Gasteiger partial charge in [-0.15, -0.1) is 0 Å². The van der Waals surface area contributed by atoms with Crippen LogP contribution in [0.4, 0.5) is 0 Å². The molecule has 42 valence electrons. The molecule has 0 aromatic rings. The monoisotopic (exact) mass is 137 g/mol. The zero-order valence-corrected chi connectivity index (χ0v) is 5.63. The molecule has 0 unspecified atom stereocenters. The Balaban J connectivity index is 2.12. The number of thioether (sulfide) groups is 1. The molecule has 0 spiro atoms. The molecule has 1 heterocycles. The lowest BCUT2D eigenvalue weighted by atomic mass is 10.6. The molecule has 1 saturated heterocycles. The summed E-state index contributed by atoms with van der Waals surface area (Å²) in [6, 6.07) is 0. The van der Waals surface area contributed by atoms with Crippen LogP contribution >= 0.6 is 23.5 Å². The third kappa shape index (κ3) is 1.89. The van der Waals surface area contributed by atoms with Crippen LogP contribution in [0, 0.1) is 0 Å². The molecule has 0 bridgehead atoms. The van der Waals surface area contributed by atoms with E-state index in [-0.39, 0.29) is 0 Å². The molecule has 1 aliphatic heterocycles. The maximum Gasteiger partial charge on any atom is 0.0230 e. The van der Waals surface area contributed by atoms with Crippen molar-refractivity contribution < 1.29 is 0 Å². The first-order chi connectivity index (χ1) is 3.39. The summed E-state index contributed by atoms with van der Waals surface area (Å²) in [5.74, 6) is 2.40. The third-order valence-electron chi connectivity index (χ3n) is 0.957. The highest BCUT2D eigenvalue weighted by Gasteiger charge is 2.04. The van der Waals surface area contributed by atoms with E-state index in [0.29, 0.717) is 0 Å². The molecule has 0 atom stereocenters.